The summed E-state index contributed by atoms with van der Waals surface area (Å²) in [6.07, 6.45) is -3.44. The van der Waals surface area contributed by atoms with E-state index in [9.17, 15) is 32.7 Å². The highest BCUT2D eigenvalue weighted by Gasteiger charge is 2.69. The third-order valence-electron chi connectivity index (χ3n) is 8.50. The number of rotatable bonds is 11. The van der Waals surface area contributed by atoms with E-state index in [4.69, 9.17) is 10.5 Å². The zero-order chi connectivity index (χ0) is 30.7. The van der Waals surface area contributed by atoms with Gasteiger partial charge in [0.25, 0.3) is 0 Å². The maximum Gasteiger partial charge on any atom is 0.410 e. The number of ether oxygens (including phenoxy) is 1. The van der Waals surface area contributed by atoms with E-state index in [1.54, 1.807) is 26.0 Å². The number of benzene rings is 1. The number of nitrogens with zero attached hydrogens (tertiary/aromatic N) is 2. The summed E-state index contributed by atoms with van der Waals surface area (Å²) in [5.41, 5.74) is 5.98. The lowest BCUT2D eigenvalue weighted by atomic mass is 9.71. The molecule has 3 rings (SSSR count). The van der Waals surface area contributed by atoms with E-state index in [1.807, 2.05) is 18.2 Å². The molecule has 3 N–H and O–H groups in total. The lowest BCUT2D eigenvalue weighted by Gasteiger charge is -2.45. The molecule has 41 heavy (non-hydrogen) atoms. The number of carbonyl (C=O) groups is 3. The highest BCUT2D eigenvalue weighted by Crippen LogP contribution is 2.51. The van der Waals surface area contributed by atoms with Gasteiger partial charge in [0.15, 0.2) is 5.54 Å². The predicted molar refractivity (Wildman–Crippen MR) is 148 cm³/mol. The molecule has 2 aliphatic rings. The number of carboxylic acid groups (broad SMARTS) is 1. The van der Waals surface area contributed by atoms with Crippen molar-refractivity contribution in [2.75, 3.05) is 6.54 Å². The van der Waals surface area contributed by atoms with Gasteiger partial charge in [-0.2, -0.15) is 13.2 Å². The minimum Gasteiger partial charge on any atom is -0.479 e. The van der Waals surface area contributed by atoms with Gasteiger partial charge in [-0.05, 0) is 41.9 Å². The summed E-state index contributed by atoms with van der Waals surface area (Å²) < 4.78 is 49.9. The van der Waals surface area contributed by atoms with Crippen molar-refractivity contribution >= 4 is 24.0 Å². The fourth-order valence-corrected chi connectivity index (χ4v) is 6.10. The van der Waals surface area contributed by atoms with E-state index >= 15 is 0 Å². The van der Waals surface area contributed by atoms with Crippen LogP contribution in [-0.2, 0) is 27.4 Å². The lowest BCUT2D eigenvalue weighted by Crippen LogP contribution is -2.66. The van der Waals surface area contributed by atoms with E-state index in [1.165, 1.54) is 11.8 Å². The molecule has 1 aromatic rings. The Labute approximate surface area is 239 Å². The number of halogens is 3. The molecule has 1 aromatic carbocycles. The van der Waals surface area contributed by atoms with E-state index < -0.39 is 72.6 Å². The third-order valence-corrected chi connectivity index (χ3v) is 8.50. The van der Waals surface area contributed by atoms with Gasteiger partial charge in [-0.1, -0.05) is 64.1 Å². The molecule has 5 atom stereocenters. The SMILES string of the molecule is C=CCCCCC(C(F)(F)F)[C@@]1(C(=O)O)C(C)[C@@H](OC(=O)N2Cc3cccc(C=C)c3C2)CN1C(=O)[C@@H](N)C(C)C. The normalized spacial score (nSPS) is 23.7. The number of carbonyl (C=O) groups excluding carboxylic acids is 2. The first-order valence-corrected chi connectivity index (χ1v) is 13.9. The first kappa shape index (κ1) is 32.2. The highest BCUT2D eigenvalue weighted by atomic mass is 19.4. The summed E-state index contributed by atoms with van der Waals surface area (Å²) in [4.78, 5) is 42.0. The quantitative estimate of drug-likeness (QED) is 0.270. The van der Waals surface area contributed by atoms with Gasteiger partial charge in [0.1, 0.15) is 6.10 Å². The van der Waals surface area contributed by atoms with Crippen LogP contribution in [-0.4, -0.2) is 63.3 Å². The van der Waals surface area contributed by atoms with Crippen LogP contribution in [0.1, 0.15) is 63.1 Å². The van der Waals surface area contributed by atoms with Crippen LogP contribution >= 0.6 is 0 Å². The van der Waals surface area contributed by atoms with Crippen molar-refractivity contribution in [1.29, 1.82) is 0 Å². The number of unbranched alkanes of at least 4 members (excludes halogenated alkanes) is 2. The minimum absolute atomic E-state index is 0.0678. The molecule has 2 unspecified atom stereocenters. The molecule has 2 aliphatic heterocycles. The number of hydrogen-bond acceptors (Lipinski definition) is 5. The number of alkyl halides is 3. The van der Waals surface area contributed by atoms with Crippen molar-refractivity contribution < 1.29 is 37.4 Å². The van der Waals surface area contributed by atoms with Gasteiger partial charge in [-0.15, -0.1) is 6.58 Å². The van der Waals surface area contributed by atoms with Crippen LogP contribution in [0.3, 0.4) is 0 Å². The van der Waals surface area contributed by atoms with Crippen LogP contribution in [0.4, 0.5) is 18.0 Å². The second-order valence-corrected chi connectivity index (χ2v) is 11.3. The number of nitrogens with two attached hydrogens (primary N) is 1. The van der Waals surface area contributed by atoms with Crippen LogP contribution in [0, 0.1) is 17.8 Å². The van der Waals surface area contributed by atoms with Gasteiger partial charge < -0.3 is 20.5 Å². The van der Waals surface area contributed by atoms with Crippen molar-refractivity contribution in [2.45, 2.75) is 83.4 Å². The maximum absolute atomic E-state index is 14.7. The Morgan fingerprint density at radius 2 is 1.90 bits per heavy atom. The Morgan fingerprint density at radius 3 is 2.46 bits per heavy atom. The lowest BCUT2D eigenvalue weighted by molar-refractivity contribution is -0.223. The van der Waals surface area contributed by atoms with Gasteiger partial charge in [-0.3, -0.25) is 9.69 Å². The van der Waals surface area contributed by atoms with Gasteiger partial charge in [-0.25, -0.2) is 9.59 Å². The summed E-state index contributed by atoms with van der Waals surface area (Å²) in [6, 6.07) is 4.31. The summed E-state index contributed by atoms with van der Waals surface area (Å²) in [5, 5.41) is 10.5. The second-order valence-electron chi connectivity index (χ2n) is 11.3. The molecule has 0 radical (unpaired) electrons. The van der Waals surface area contributed by atoms with E-state index in [-0.39, 0.29) is 19.5 Å². The Hall–Kier alpha value is -3.34. The zero-order valence-electron chi connectivity index (χ0n) is 23.8. The molecule has 11 heteroatoms. The third kappa shape index (κ3) is 6.14. The second kappa shape index (κ2) is 12.7. The summed E-state index contributed by atoms with van der Waals surface area (Å²) in [6.45, 7) is 11.8. The van der Waals surface area contributed by atoms with Crippen LogP contribution < -0.4 is 5.73 Å². The largest absolute Gasteiger partial charge is 0.479 e. The first-order valence-electron chi connectivity index (χ1n) is 13.9. The molecule has 0 aliphatic carbocycles. The van der Waals surface area contributed by atoms with Crippen molar-refractivity contribution in [2.24, 2.45) is 23.5 Å². The smallest absolute Gasteiger partial charge is 0.410 e. The number of hydrogen-bond donors (Lipinski definition) is 2. The molecule has 0 bridgehead atoms. The zero-order valence-corrected chi connectivity index (χ0v) is 23.8. The van der Waals surface area contributed by atoms with Crippen molar-refractivity contribution in [1.82, 2.24) is 9.80 Å². The van der Waals surface area contributed by atoms with E-state index in [2.05, 4.69) is 13.2 Å². The van der Waals surface area contributed by atoms with Gasteiger partial charge >= 0.3 is 18.2 Å². The maximum atomic E-state index is 14.7. The number of carboxylic acids is 1. The topological polar surface area (TPSA) is 113 Å². The molecule has 1 saturated heterocycles. The average Bonchev–Trinajstić information content (AvgIpc) is 3.47. The number of likely N-dealkylation sites (tertiary alicyclic amines) is 1. The fraction of sp³-hybridized carbons (Fsp3) is 0.567. The summed E-state index contributed by atoms with van der Waals surface area (Å²) >= 11 is 0. The molecule has 0 saturated carbocycles. The van der Waals surface area contributed by atoms with Crippen LogP contribution in [0.2, 0.25) is 0 Å². The van der Waals surface area contributed by atoms with Crippen molar-refractivity contribution in [3.63, 3.8) is 0 Å². The molecule has 2 heterocycles. The minimum atomic E-state index is -4.96. The molecule has 0 spiro atoms. The monoisotopic (exact) mass is 579 g/mol. The standard InChI is InChI=1S/C30H40F3N3O5/c1-6-8-9-10-14-24(30(31,32)33)29(27(38)39)19(5)23(17-36(29)26(37)25(34)18(3)4)41-28(40)35-15-21-13-11-12-20(7-2)22(21)16-35/h6-7,11-13,18-19,23-25H,1-2,8-10,14-17,34H2,3-5H3,(H,38,39)/t19?,23-,24?,25-,29+/m0/s1. The average molecular weight is 580 g/mol. The van der Waals surface area contributed by atoms with Crippen LogP contribution in [0.25, 0.3) is 6.08 Å². The highest BCUT2D eigenvalue weighted by molar-refractivity contribution is 5.91. The summed E-state index contributed by atoms with van der Waals surface area (Å²) in [5.74, 6) is -6.98. The van der Waals surface area contributed by atoms with Gasteiger partial charge in [0.05, 0.1) is 25.0 Å². The molecule has 1 fully saturated rings. The Bertz CT molecular complexity index is 1170. The van der Waals surface area contributed by atoms with E-state index in [0.29, 0.717) is 12.8 Å². The van der Waals surface area contributed by atoms with Crippen LogP contribution in [0.5, 0.6) is 0 Å². The molecule has 2 amide bonds. The molecule has 8 nitrogen and oxygen atoms in total. The van der Waals surface area contributed by atoms with Gasteiger partial charge in [0.2, 0.25) is 5.91 Å². The van der Waals surface area contributed by atoms with Crippen molar-refractivity contribution in [3.05, 3.63) is 54.1 Å². The molecular weight excluding hydrogens is 539 g/mol. The number of allylic oxidation sites excluding steroid dienone is 1. The first-order chi connectivity index (χ1) is 19.2. The fourth-order valence-electron chi connectivity index (χ4n) is 6.10. The predicted octanol–water partition coefficient (Wildman–Crippen LogP) is 5.36. The van der Waals surface area contributed by atoms with E-state index in [0.717, 1.165) is 21.6 Å². The number of aliphatic carboxylic acids is 1. The Morgan fingerprint density at radius 1 is 1.22 bits per heavy atom. The number of amides is 2. The Kier molecular flexibility index (Phi) is 9.94. The van der Waals surface area contributed by atoms with Crippen LogP contribution in [0.15, 0.2) is 37.4 Å². The molecule has 0 aromatic heterocycles. The summed E-state index contributed by atoms with van der Waals surface area (Å²) in [7, 11) is 0. The Balaban J connectivity index is 1.99. The van der Waals surface area contributed by atoms with Gasteiger partial charge in [0, 0.05) is 12.5 Å². The molecular formula is C30H40F3N3O5. The number of fused-ring (bicyclic) bond motifs is 1. The molecule has 226 valence electrons. The van der Waals surface area contributed by atoms with Crippen molar-refractivity contribution in [3.8, 4) is 0 Å².